The zero-order chi connectivity index (χ0) is 72.5. The first-order valence-electron chi connectivity index (χ1n) is 35.5. The summed E-state index contributed by atoms with van der Waals surface area (Å²) in [5.74, 6) is 0.209. The maximum Gasteiger partial charge on any atom is 0.407 e. The Morgan fingerprint density at radius 3 is 1.35 bits per heavy atom. The maximum absolute atomic E-state index is 14.0. The molecule has 2 saturated heterocycles. The van der Waals surface area contributed by atoms with Gasteiger partial charge in [0, 0.05) is 76.2 Å². The topological polar surface area (TPSA) is 257 Å². The van der Waals surface area contributed by atoms with Crippen molar-refractivity contribution < 1.29 is 52.9 Å². The number of piperidine rings is 2. The monoisotopic (exact) mass is 1390 g/mol. The Labute approximate surface area is 598 Å². The molecular formula is C82H88N10O11. The van der Waals surface area contributed by atoms with E-state index in [0.29, 0.717) is 73.7 Å². The lowest BCUT2D eigenvalue weighted by Crippen LogP contribution is -2.46. The highest BCUT2D eigenvalue weighted by molar-refractivity contribution is 6.22. The van der Waals surface area contributed by atoms with Crippen LogP contribution in [-0.2, 0) is 45.0 Å². The van der Waals surface area contributed by atoms with E-state index in [4.69, 9.17) is 24.5 Å². The molecule has 0 spiro atoms. The molecule has 8 aromatic carbocycles. The van der Waals surface area contributed by atoms with Crippen molar-refractivity contribution in [2.24, 2.45) is 0 Å². The molecule has 0 bridgehead atoms. The van der Waals surface area contributed by atoms with Crippen LogP contribution in [-0.4, -0.2) is 149 Å². The lowest BCUT2D eigenvalue weighted by Gasteiger charge is -2.34. The van der Waals surface area contributed by atoms with Gasteiger partial charge in [0.25, 0.3) is 23.6 Å². The third kappa shape index (κ3) is 17.5. The van der Waals surface area contributed by atoms with Crippen LogP contribution in [0.3, 0.4) is 0 Å². The predicted octanol–water partition coefficient (Wildman–Crippen LogP) is 13.3. The first-order chi connectivity index (χ1) is 49.5. The van der Waals surface area contributed by atoms with Crippen LogP contribution >= 0.6 is 0 Å². The lowest BCUT2D eigenvalue weighted by atomic mass is 9.95. The first kappa shape index (κ1) is 71.8. The molecular weight excluding hydrogens is 1300 g/mol. The Bertz CT molecular complexity index is 4760. The number of likely N-dealkylation sites (tertiary alicyclic amines) is 1. The van der Waals surface area contributed by atoms with E-state index >= 15 is 0 Å². The summed E-state index contributed by atoms with van der Waals surface area (Å²) in [7, 11) is 0. The number of carboxylic acid groups (broad SMARTS) is 1. The van der Waals surface area contributed by atoms with Crippen LogP contribution in [0.2, 0.25) is 0 Å². The number of ether oxygens (including phenoxy) is 2. The summed E-state index contributed by atoms with van der Waals surface area (Å²) < 4.78 is 15.1. The van der Waals surface area contributed by atoms with Gasteiger partial charge < -0.3 is 44.6 Å². The van der Waals surface area contributed by atoms with Crippen molar-refractivity contribution in [3.05, 3.63) is 227 Å². The number of amides is 7. The Morgan fingerprint density at radius 2 is 0.913 bits per heavy atom. The standard InChI is InChI=1S/C41H43N5O5.C22H22N4O2.C19H23NO4/c1-41(2,3)51-40(50)42-31(24-27-18-19-28-11-4-5-12-29(28)23-27)25-36(47)44-20-10-13-30(26-44)37-43-34-16-8-9-17-35(34)45(37)21-22-46-38(48)32-14-6-7-15-33(32)39(46)49;27-21-16-7-1-2-8-17(16)22(28)26(21)13-12-25-19-10-4-3-9-18(19)24-20(25)15-6-5-11-23-14-15;1-19(2,3)24-18(23)20-16(12-17(21)22)11-13-8-9-14-6-4-5-7-15(14)10-13/h4-9,11-12,14-19,23,30-31H,10,13,20-22,24-26H2,1-3H3,(H,42,50);1-4,7-10,15,23H,5-6,11-14H2;4-10,16H,11-12H2,1-3H3,(H,20,23)(H,21,22)/t30-,31-;15-;16-/m111/s1. The molecule has 4 N–H and O–H groups in total. The van der Waals surface area contributed by atoms with Crippen LogP contribution < -0.4 is 16.0 Å². The number of carboxylic acids is 1. The van der Waals surface area contributed by atoms with Crippen LogP contribution in [0.4, 0.5) is 9.59 Å². The molecule has 0 aliphatic carbocycles. The second kappa shape index (κ2) is 31.4. The molecule has 7 amide bonds. The minimum absolute atomic E-state index is 0.0461. The van der Waals surface area contributed by atoms with Gasteiger partial charge in [0.15, 0.2) is 0 Å². The van der Waals surface area contributed by atoms with Crippen LogP contribution in [0.25, 0.3) is 43.6 Å². The zero-order valence-corrected chi connectivity index (χ0v) is 59.1. The maximum atomic E-state index is 14.0. The summed E-state index contributed by atoms with van der Waals surface area (Å²) in [4.78, 5) is 116. The summed E-state index contributed by atoms with van der Waals surface area (Å²) in [6, 6.07) is 57.1. The molecule has 14 rings (SSSR count). The second-order valence-corrected chi connectivity index (χ2v) is 28.8. The average molecular weight is 1390 g/mol. The molecule has 532 valence electrons. The molecule has 6 heterocycles. The number of imidazole rings is 2. The number of hydrogen-bond donors (Lipinski definition) is 4. The number of nitrogens with one attached hydrogen (secondary N) is 3. The van der Waals surface area contributed by atoms with E-state index in [9.17, 15) is 38.4 Å². The number of rotatable bonds is 18. The van der Waals surface area contributed by atoms with E-state index in [0.717, 1.165) is 105 Å². The molecule has 4 aliphatic rings. The molecule has 21 heteroatoms. The second-order valence-electron chi connectivity index (χ2n) is 28.8. The molecule has 21 nitrogen and oxygen atoms in total. The Morgan fingerprint density at radius 1 is 0.505 bits per heavy atom. The van der Waals surface area contributed by atoms with Gasteiger partial charge in [-0.2, -0.15) is 0 Å². The number of benzene rings is 8. The Kier molecular flexibility index (Phi) is 21.9. The molecule has 0 radical (unpaired) electrons. The van der Waals surface area contributed by atoms with Gasteiger partial charge in [-0.25, -0.2) is 19.6 Å². The predicted molar refractivity (Wildman–Crippen MR) is 395 cm³/mol. The highest BCUT2D eigenvalue weighted by Gasteiger charge is 2.38. The number of para-hydroxylation sites is 4. The number of alkyl carbamates (subject to hydrolysis) is 2. The number of nitrogens with zero attached hydrogens (tertiary/aromatic N) is 7. The van der Waals surface area contributed by atoms with Crippen LogP contribution in [0, 0.1) is 0 Å². The molecule has 10 aromatic rings. The van der Waals surface area contributed by atoms with Crippen LogP contribution in [0.1, 0.15) is 156 Å². The van der Waals surface area contributed by atoms with Gasteiger partial charge in [0.05, 0.1) is 50.7 Å². The van der Waals surface area contributed by atoms with Gasteiger partial charge in [-0.15, -0.1) is 0 Å². The van der Waals surface area contributed by atoms with Gasteiger partial charge in [-0.05, 0) is 168 Å². The van der Waals surface area contributed by atoms with E-state index in [1.54, 1.807) is 69.3 Å². The fourth-order valence-electron chi connectivity index (χ4n) is 14.2. The highest BCUT2D eigenvalue weighted by Crippen LogP contribution is 2.33. The van der Waals surface area contributed by atoms with Gasteiger partial charge >= 0.3 is 18.2 Å². The third-order valence-corrected chi connectivity index (χ3v) is 18.9. The molecule has 4 atom stereocenters. The quantitative estimate of drug-likeness (QED) is 0.0583. The fraction of sp³-hybridized carbons (Fsp3) is 0.341. The molecule has 2 fully saturated rings. The molecule has 0 saturated carbocycles. The van der Waals surface area contributed by atoms with Crippen molar-refractivity contribution in [3.63, 3.8) is 0 Å². The van der Waals surface area contributed by atoms with E-state index in [2.05, 4.69) is 55.4 Å². The van der Waals surface area contributed by atoms with Gasteiger partial charge in [0.1, 0.15) is 22.9 Å². The Hall–Kier alpha value is -11.1. The zero-order valence-electron chi connectivity index (χ0n) is 59.1. The molecule has 4 aliphatic heterocycles. The van der Waals surface area contributed by atoms with Gasteiger partial charge in [0.2, 0.25) is 5.91 Å². The van der Waals surface area contributed by atoms with Crippen molar-refractivity contribution in [3.8, 4) is 0 Å². The third-order valence-electron chi connectivity index (χ3n) is 18.9. The van der Waals surface area contributed by atoms with E-state index in [1.807, 2.05) is 129 Å². The van der Waals surface area contributed by atoms with E-state index in [1.165, 1.54) is 9.80 Å². The molecule has 2 aromatic heterocycles. The summed E-state index contributed by atoms with van der Waals surface area (Å²) in [5, 5.41) is 22.6. The summed E-state index contributed by atoms with van der Waals surface area (Å²) in [6.07, 6.45) is 3.58. The smallest absolute Gasteiger partial charge is 0.407 e. The minimum Gasteiger partial charge on any atom is -0.481 e. The molecule has 103 heavy (non-hydrogen) atoms. The summed E-state index contributed by atoms with van der Waals surface area (Å²) >= 11 is 0. The molecule has 0 unspecified atom stereocenters. The number of hydrogen-bond acceptors (Lipinski definition) is 13. The normalized spacial score (nSPS) is 16.5. The average Bonchev–Trinajstić information content (AvgIpc) is 1.62. The highest BCUT2D eigenvalue weighted by atomic mass is 16.6. The van der Waals surface area contributed by atoms with Gasteiger partial charge in [-0.1, -0.05) is 133 Å². The van der Waals surface area contributed by atoms with Crippen molar-refractivity contribution in [2.45, 2.75) is 141 Å². The van der Waals surface area contributed by atoms with Crippen LogP contribution in [0.15, 0.2) is 182 Å². The number of carbonyl (C=O) groups excluding carboxylic acids is 7. The Balaban J connectivity index is 0.000000161. The van der Waals surface area contributed by atoms with Crippen molar-refractivity contribution in [1.29, 1.82) is 0 Å². The van der Waals surface area contributed by atoms with E-state index in [-0.39, 0.29) is 54.8 Å². The minimum atomic E-state index is -0.961. The summed E-state index contributed by atoms with van der Waals surface area (Å²) in [6.45, 7) is 15.3. The largest absolute Gasteiger partial charge is 0.481 e. The fourth-order valence-corrected chi connectivity index (χ4v) is 14.2. The van der Waals surface area contributed by atoms with Crippen molar-refractivity contribution >= 4 is 91.3 Å². The lowest BCUT2D eigenvalue weighted by molar-refractivity contribution is -0.137. The number of aliphatic carboxylic acids is 1. The van der Waals surface area contributed by atoms with Crippen molar-refractivity contribution in [1.82, 2.24) is 49.8 Å². The van der Waals surface area contributed by atoms with Gasteiger partial charge in [-0.3, -0.25) is 38.6 Å². The number of aromatic nitrogens is 4. The van der Waals surface area contributed by atoms with Crippen molar-refractivity contribution in [2.75, 3.05) is 39.3 Å². The number of carbonyl (C=O) groups is 8. The number of fused-ring (bicyclic) bond motifs is 6. The SMILES string of the molecule is CC(C)(C)OC(=O)N[C@@H](CC(=O)N1CCC[C@@H](c2nc3ccccc3n2CCN2C(=O)c3ccccc3C2=O)C1)Cc1ccc2ccccc2c1.CC(C)(C)OC(=O)N[C@@H](CC(=O)O)Cc1ccc2ccccc2c1.O=C1c2ccccc2C(=O)N1CCn1c([C@@H]2CCCNC2)nc2ccccc21. The van der Waals surface area contributed by atoms with E-state index < -0.39 is 41.4 Å². The first-order valence-corrected chi connectivity index (χ1v) is 35.5. The summed E-state index contributed by atoms with van der Waals surface area (Å²) in [5.41, 5.74) is 6.32. The van der Waals surface area contributed by atoms with Crippen LogP contribution in [0.5, 0.6) is 0 Å². The number of imide groups is 2.